The van der Waals surface area contributed by atoms with Gasteiger partial charge in [-0.1, -0.05) is 30.2 Å². The van der Waals surface area contributed by atoms with Gasteiger partial charge in [0.05, 0.1) is 10.7 Å². The third kappa shape index (κ3) is 2.68. The molecule has 0 aromatic heterocycles. The fraction of sp³-hybridized carbons (Fsp3) is 0.667. The van der Waals surface area contributed by atoms with Crippen LogP contribution < -0.4 is 4.90 Å². The minimum atomic E-state index is 0.872. The molecule has 2 bridgehead atoms. The van der Waals surface area contributed by atoms with Crippen molar-refractivity contribution < 1.29 is 0 Å². The molecule has 0 spiro atoms. The van der Waals surface area contributed by atoms with Crippen LogP contribution in [0.25, 0.3) is 0 Å². The molecule has 4 rings (SSSR count). The minimum Gasteiger partial charge on any atom is -0.368 e. The van der Waals surface area contributed by atoms with Gasteiger partial charge in [-0.15, -0.1) is 0 Å². The van der Waals surface area contributed by atoms with Crippen LogP contribution in [0.15, 0.2) is 24.3 Å². The fourth-order valence-corrected chi connectivity index (χ4v) is 5.11. The summed E-state index contributed by atoms with van der Waals surface area (Å²) in [5.74, 6) is 2.06. The second-order valence-electron chi connectivity index (χ2n) is 7.06. The lowest BCUT2D eigenvalue weighted by Crippen LogP contribution is -2.52. The molecule has 1 saturated heterocycles. The van der Waals surface area contributed by atoms with E-state index in [0.29, 0.717) is 0 Å². The molecule has 0 N–H and O–H groups in total. The third-order valence-corrected chi connectivity index (χ3v) is 6.29. The van der Waals surface area contributed by atoms with Crippen LogP contribution in [-0.2, 0) is 0 Å². The molecular formula is C18H25ClN2. The lowest BCUT2D eigenvalue weighted by Gasteiger charge is -2.44. The Bertz CT molecular complexity index is 496. The topological polar surface area (TPSA) is 6.48 Å². The van der Waals surface area contributed by atoms with Crippen molar-refractivity contribution in [2.24, 2.45) is 11.8 Å². The predicted octanol–water partition coefficient (Wildman–Crippen LogP) is 4.04. The molecule has 1 heterocycles. The number of benzene rings is 1. The van der Waals surface area contributed by atoms with Crippen LogP contribution >= 0.6 is 11.6 Å². The SMILES string of the molecule is Clc1ccccc1N1CCN([C@H]2CC[C@H]3CC[C@H]2C3)CC1. The first-order valence-corrected chi connectivity index (χ1v) is 8.92. The van der Waals surface area contributed by atoms with Gasteiger partial charge in [-0.2, -0.15) is 0 Å². The van der Waals surface area contributed by atoms with E-state index in [0.717, 1.165) is 36.0 Å². The van der Waals surface area contributed by atoms with Crippen molar-refractivity contribution in [3.63, 3.8) is 0 Å². The first-order chi connectivity index (χ1) is 10.3. The highest BCUT2D eigenvalue weighted by atomic mass is 35.5. The third-order valence-electron chi connectivity index (χ3n) is 5.97. The first-order valence-electron chi connectivity index (χ1n) is 8.55. The zero-order chi connectivity index (χ0) is 14.2. The van der Waals surface area contributed by atoms with Crippen LogP contribution in [0, 0.1) is 11.8 Å². The molecule has 2 nitrogen and oxygen atoms in total. The molecule has 21 heavy (non-hydrogen) atoms. The summed E-state index contributed by atoms with van der Waals surface area (Å²) in [5, 5.41) is 0.891. The van der Waals surface area contributed by atoms with E-state index >= 15 is 0 Å². The molecule has 0 radical (unpaired) electrons. The average Bonchev–Trinajstić information content (AvgIpc) is 2.90. The molecule has 2 saturated carbocycles. The van der Waals surface area contributed by atoms with E-state index < -0.39 is 0 Å². The molecule has 0 amide bonds. The Hall–Kier alpha value is -0.730. The highest BCUT2D eigenvalue weighted by Crippen LogP contribution is 2.44. The van der Waals surface area contributed by atoms with Crippen molar-refractivity contribution in [2.75, 3.05) is 31.1 Å². The number of piperazine rings is 1. The van der Waals surface area contributed by atoms with Crippen molar-refractivity contribution >= 4 is 17.3 Å². The van der Waals surface area contributed by atoms with Gasteiger partial charge in [0.15, 0.2) is 0 Å². The predicted molar refractivity (Wildman–Crippen MR) is 89.1 cm³/mol. The second-order valence-corrected chi connectivity index (χ2v) is 7.47. The number of rotatable bonds is 2. The fourth-order valence-electron chi connectivity index (χ4n) is 4.85. The Kier molecular flexibility index (Phi) is 3.85. The summed E-state index contributed by atoms with van der Waals surface area (Å²) in [6.07, 6.45) is 7.42. The van der Waals surface area contributed by atoms with Gasteiger partial charge in [0.1, 0.15) is 0 Å². The van der Waals surface area contributed by atoms with Crippen molar-refractivity contribution in [3.05, 3.63) is 29.3 Å². The normalized spacial score (nSPS) is 33.4. The van der Waals surface area contributed by atoms with Crippen LogP contribution in [0.1, 0.15) is 32.1 Å². The van der Waals surface area contributed by atoms with E-state index in [-0.39, 0.29) is 0 Å². The van der Waals surface area contributed by atoms with Crippen molar-refractivity contribution in [3.8, 4) is 0 Å². The molecule has 3 aliphatic rings. The maximum atomic E-state index is 6.34. The monoisotopic (exact) mass is 304 g/mol. The zero-order valence-corrected chi connectivity index (χ0v) is 13.4. The van der Waals surface area contributed by atoms with Gasteiger partial charge in [-0.25, -0.2) is 0 Å². The number of nitrogens with zero attached hydrogens (tertiary/aromatic N) is 2. The number of anilines is 1. The molecule has 1 aliphatic heterocycles. The lowest BCUT2D eigenvalue weighted by atomic mass is 9.84. The molecule has 0 unspecified atom stereocenters. The van der Waals surface area contributed by atoms with E-state index in [2.05, 4.69) is 21.9 Å². The maximum absolute atomic E-state index is 6.34. The van der Waals surface area contributed by atoms with Gasteiger partial charge in [-0.05, 0) is 49.7 Å². The summed E-state index contributed by atoms with van der Waals surface area (Å²) in [5.41, 5.74) is 1.21. The van der Waals surface area contributed by atoms with E-state index in [9.17, 15) is 0 Å². The lowest BCUT2D eigenvalue weighted by molar-refractivity contribution is 0.103. The van der Waals surface area contributed by atoms with Crippen LogP contribution in [-0.4, -0.2) is 37.1 Å². The molecule has 3 atom stereocenters. The van der Waals surface area contributed by atoms with Crippen molar-refractivity contribution in [2.45, 2.75) is 38.1 Å². The van der Waals surface area contributed by atoms with Gasteiger partial charge in [0.2, 0.25) is 0 Å². The second kappa shape index (κ2) is 5.81. The molecule has 1 aromatic carbocycles. The summed E-state index contributed by atoms with van der Waals surface area (Å²) in [7, 11) is 0. The maximum Gasteiger partial charge on any atom is 0.0639 e. The van der Waals surface area contributed by atoms with Crippen molar-refractivity contribution in [1.82, 2.24) is 4.90 Å². The van der Waals surface area contributed by atoms with Crippen LogP contribution in [0.3, 0.4) is 0 Å². The Morgan fingerprint density at radius 3 is 2.48 bits per heavy atom. The largest absolute Gasteiger partial charge is 0.368 e. The van der Waals surface area contributed by atoms with Gasteiger partial charge in [0, 0.05) is 32.2 Å². The summed E-state index contributed by atoms with van der Waals surface area (Å²) < 4.78 is 0. The van der Waals surface area contributed by atoms with Crippen molar-refractivity contribution in [1.29, 1.82) is 0 Å². The van der Waals surface area contributed by atoms with Gasteiger partial charge in [-0.3, -0.25) is 4.90 Å². The number of halogens is 1. The molecule has 114 valence electrons. The number of fused-ring (bicyclic) bond motifs is 2. The van der Waals surface area contributed by atoms with E-state index in [1.54, 1.807) is 0 Å². The summed E-state index contributed by atoms with van der Waals surface area (Å²) in [6, 6.07) is 9.13. The molecular weight excluding hydrogens is 280 g/mol. The quantitative estimate of drug-likeness (QED) is 0.813. The van der Waals surface area contributed by atoms with E-state index in [1.165, 1.54) is 50.9 Å². The van der Waals surface area contributed by atoms with Crippen LogP contribution in [0.5, 0.6) is 0 Å². The Morgan fingerprint density at radius 1 is 0.905 bits per heavy atom. The standard InChI is InChI=1S/C18H25ClN2/c19-16-3-1-2-4-18(16)21-11-9-20(10-12-21)17-8-6-14-5-7-15(17)13-14/h1-4,14-15,17H,5-13H2/t14-,15+,17+/m1/s1. The smallest absolute Gasteiger partial charge is 0.0639 e. The van der Waals surface area contributed by atoms with E-state index in [4.69, 9.17) is 11.6 Å². The zero-order valence-electron chi connectivity index (χ0n) is 12.7. The van der Waals surface area contributed by atoms with Crippen LogP contribution in [0.2, 0.25) is 5.02 Å². The Labute approximate surface area is 133 Å². The first kappa shape index (κ1) is 13.9. The highest BCUT2D eigenvalue weighted by molar-refractivity contribution is 6.33. The Morgan fingerprint density at radius 2 is 1.67 bits per heavy atom. The van der Waals surface area contributed by atoms with Gasteiger partial charge < -0.3 is 4.90 Å². The van der Waals surface area contributed by atoms with Crippen LogP contribution in [0.4, 0.5) is 5.69 Å². The average molecular weight is 305 g/mol. The molecule has 3 fully saturated rings. The summed E-state index contributed by atoms with van der Waals surface area (Å²) in [6.45, 7) is 4.65. The minimum absolute atomic E-state index is 0.872. The van der Waals surface area contributed by atoms with E-state index in [1.807, 2.05) is 12.1 Å². The molecule has 1 aromatic rings. The molecule has 3 heteroatoms. The molecule has 2 aliphatic carbocycles. The number of hydrogen-bond donors (Lipinski definition) is 0. The highest BCUT2D eigenvalue weighted by Gasteiger charge is 2.39. The van der Waals surface area contributed by atoms with Gasteiger partial charge >= 0.3 is 0 Å². The summed E-state index contributed by atoms with van der Waals surface area (Å²) in [4.78, 5) is 5.23. The van der Waals surface area contributed by atoms with Gasteiger partial charge in [0.25, 0.3) is 0 Å². The number of para-hydroxylation sites is 1. The number of hydrogen-bond acceptors (Lipinski definition) is 2. The summed E-state index contributed by atoms with van der Waals surface area (Å²) >= 11 is 6.34. The Balaban J connectivity index is 1.39.